The molecule has 0 aromatic rings. The Kier molecular flexibility index (Phi) is 3.91. The fourth-order valence-corrected chi connectivity index (χ4v) is 2.51. The van der Waals surface area contributed by atoms with Gasteiger partial charge in [-0.15, -0.1) is 0 Å². The fourth-order valence-electron chi connectivity index (χ4n) is 2.51. The molecule has 0 N–H and O–H groups in total. The molecule has 0 aromatic heterocycles. The number of allylic oxidation sites excluding steroid dienone is 4. The Balaban J connectivity index is 3.24. The third-order valence-electron chi connectivity index (χ3n) is 3.37. The minimum Gasteiger partial charge on any atom is -0.207 e. The Morgan fingerprint density at radius 2 is 1.53 bits per heavy atom. The summed E-state index contributed by atoms with van der Waals surface area (Å²) in [6.45, 7) is 15.0. The smallest absolute Gasteiger partial charge is 0.125 e. The molecule has 1 aliphatic carbocycles. The number of rotatable bonds is 1. The first-order chi connectivity index (χ1) is 7.52. The summed E-state index contributed by atoms with van der Waals surface area (Å²) in [5, 5.41) is 0. The van der Waals surface area contributed by atoms with Gasteiger partial charge in [0.1, 0.15) is 5.83 Å². The van der Waals surface area contributed by atoms with Crippen molar-refractivity contribution in [2.45, 2.75) is 67.7 Å². The van der Waals surface area contributed by atoms with Crippen molar-refractivity contribution >= 4 is 0 Å². The first kappa shape index (κ1) is 14.5. The summed E-state index contributed by atoms with van der Waals surface area (Å²) in [6, 6.07) is 0. The van der Waals surface area contributed by atoms with Crippen LogP contribution in [0.3, 0.4) is 0 Å². The molecule has 1 rings (SSSR count). The topological polar surface area (TPSA) is 0 Å². The molecule has 0 radical (unpaired) electrons. The van der Waals surface area contributed by atoms with Gasteiger partial charge < -0.3 is 0 Å². The molecular formula is C16H27F. The molecule has 0 saturated carbocycles. The minimum atomic E-state index is 0.0658. The Hall–Kier alpha value is -0.590. The van der Waals surface area contributed by atoms with Crippen LogP contribution in [0.1, 0.15) is 67.7 Å². The van der Waals surface area contributed by atoms with Gasteiger partial charge in [0.15, 0.2) is 0 Å². The maximum absolute atomic E-state index is 14.4. The predicted molar refractivity (Wildman–Crippen MR) is 73.6 cm³/mol. The van der Waals surface area contributed by atoms with E-state index in [2.05, 4.69) is 41.5 Å². The predicted octanol–water partition coefficient (Wildman–Crippen LogP) is 5.80. The van der Waals surface area contributed by atoms with Crippen LogP contribution >= 0.6 is 0 Å². The summed E-state index contributed by atoms with van der Waals surface area (Å²) in [7, 11) is 0. The lowest BCUT2D eigenvalue weighted by atomic mass is 9.73. The highest BCUT2D eigenvalue weighted by Gasteiger charge is 2.29. The SMILES string of the molecule is CC1=C(F)C(CC(C)(C)C)=C(C(C)(C)C)CC1. The zero-order chi connectivity index (χ0) is 13.4. The normalized spacial score (nSPS) is 19.1. The Morgan fingerprint density at radius 1 is 1.00 bits per heavy atom. The van der Waals surface area contributed by atoms with E-state index >= 15 is 0 Å². The molecule has 0 atom stereocenters. The molecule has 98 valence electrons. The molecule has 1 heteroatoms. The minimum absolute atomic E-state index is 0.0658. The molecule has 1 aliphatic rings. The highest BCUT2D eigenvalue weighted by Crippen LogP contribution is 2.44. The van der Waals surface area contributed by atoms with Crippen LogP contribution in [0.5, 0.6) is 0 Å². The second-order valence-corrected chi connectivity index (χ2v) is 7.54. The largest absolute Gasteiger partial charge is 0.207 e. The van der Waals surface area contributed by atoms with Crippen LogP contribution in [-0.2, 0) is 0 Å². The Labute approximate surface area is 106 Å². The van der Waals surface area contributed by atoms with Gasteiger partial charge in [-0.05, 0) is 48.2 Å². The quantitative estimate of drug-likeness (QED) is 0.541. The van der Waals surface area contributed by atoms with Crippen LogP contribution in [0.25, 0.3) is 0 Å². The summed E-state index contributed by atoms with van der Waals surface area (Å²) >= 11 is 0. The van der Waals surface area contributed by atoms with Gasteiger partial charge in [-0.2, -0.15) is 0 Å². The second kappa shape index (κ2) is 4.59. The molecule has 0 saturated heterocycles. The summed E-state index contributed by atoms with van der Waals surface area (Å²) in [4.78, 5) is 0. The summed E-state index contributed by atoms with van der Waals surface area (Å²) in [5.74, 6) is 0.0658. The third-order valence-corrected chi connectivity index (χ3v) is 3.37. The van der Waals surface area contributed by atoms with Crippen LogP contribution in [-0.4, -0.2) is 0 Å². The summed E-state index contributed by atoms with van der Waals surface area (Å²) in [5.41, 5.74) is 3.45. The van der Waals surface area contributed by atoms with Gasteiger partial charge in [0.05, 0.1) is 0 Å². The van der Waals surface area contributed by atoms with Gasteiger partial charge in [-0.25, -0.2) is 4.39 Å². The first-order valence-corrected chi connectivity index (χ1v) is 6.60. The maximum atomic E-state index is 14.4. The molecule has 0 spiro atoms. The van der Waals surface area contributed by atoms with Crippen LogP contribution < -0.4 is 0 Å². The summed E-state index contributed by atoms with van der Waals surface area (Å²) in [6.07, 6.45) is 2.74. The fraction of sp³-hybridized carbons (Fsp3) is 0.750. The average Bonchev–Trinajstić information content (AvgIpc) is 2.08. The molecule has 0 heterocycles. The number of halogens is 1. The molecule has 0 unspecified atom stereocenters. The van der Waals surface area contributed by atoms with Crippen molar-refractivity contribution in [2.75, 3.05) is 0 Å². The van der Waals surface area contributed by atoms with Gasteiger partial charge in [-0.3, -0.25) is 0 Å². The van der Waals surface area contributed by atoms with Crippen LogP contribution in [0, 0.1) is 10.8 Å². The standard InChI is InChI=1S/C16H27F/c1-11-8-9-13(16(5,6)7)12(14(11)17)10-15(2,3)4/h8-10H2,1-7H3. The molecule has 17 heavy (non-hydrogen) atoms. The highest BCUT2D eigenvalue weighted by atomic mass is 19.1. The van der Waals surface area contributed by atoms with E-state index in [1.165, 1.54) is 5.57 Å². The molecular weight excluding hydrogens is 211 g/mol. The number of hydrogen-bond donors (Lipinski definition) is 0. The lowest BCUT2D eigenvalue weighted by Crippen LogP contribution is -2.19. The van der Waals surface area contributed by atoms with Crippen molar-refractivity contribution in [3.05, 3.63) is 22.5 Å². The van der Waals surface area contributed by atoms with Crippen molar-refractivity contribution in [3.63, 3.8) is 0 Å². The van der Waals surface area contributed by atoms with E-state index in [0.29, 0.717) is 0 Å². The monoisotopic (exact) mass is 238 g/mol. The lowest BCUT2D eigenvalue weighted by molar-refractivity contribution is 0.383. The van der Waals surface area contributed by atoms with Crippen molar-refractivity contribution in [1.29, 1.82) is 0 Å². The maximum Gasteiger partial charge on any atom is 0.125 e. The van der Waals surface area contributed by atoms with Crippen molar-refractivity contribution in [3.8, 4) is 0 Å². The third kappa shape index (κ3) is 3.69. The highest BCUT2D eigenvalue weighted by molar-refractivity contribution is 5.40. The lowest BCUT2D eigenvalue weighted by Gasteiger charge is -2.33. The van der Waals surface area contributed by atoms with E-state index in [9.17, 15) is 4.39 Å². The van der Waals surface area contributed by atoms with E-state index in [-0.39, 0.29) is 16.7 Å². The molecule has 0 fully saturated rings. The zero-order valence-electron chi connectivity index (χ0n) is 12.5. The van der Waals surface area contributed by atoms with E-state index in [4.69, 9.17) is 0 Å². The van der Waals surface area contributed by atoms with Crippen LogP contribution in [0.2, 0.25) is 0 Å². The van der Waals surface area contributed by atoms with Crippen molar-refractivity contribution < 1.29 is 4.39 Å². The van der Waals surface area contributed by atoms with Gasteiger partial charge in [0.2, 0.25) is 0 Å². The van der Waals surface area contributed by atoms with Gasteiger partial charge in [-0.1, -0.05) is 47.1 Å². The van der Waals surface area contributed by atoms with E-state index in [1.807, 2.05) is 6.92 Å². The van der Waals surface area contributed by atoms with E-state index in [0.717, 1.165) is 30.4 Å². The van der Waals surface area contributed by atoms with Gasteiger partial charge in [0, 0.05) is 0 Å². The van der Waals surface area contributed by atoms with Gasteiger partial charge in [0.25, 0.3) is 0 Å². The number of hydrogen-bond acceptors (Lipinski definition) is 0. The Bertz CT molecular complexity index is 356. The van der Waals surface area contributed by atoms with E-state index in [1.54, 1.807) is 0 Å². The first-order valence-electron chi connectivity index (χ1n) is 6.60. The van der Waals surface area contributed by atoms with Crippen molar-refractivity contribution in [2.24, 2.45) is 10.8 Å². The van der Waals surface area contributed by atoms with E-state index < -0.39 is 0 Å². The molecule has 0 bridgehead atoms. The molecule has 0 nitrogen and oxygen atoms in total. The Morgan fingerprint density at radius 3 is 1.94 bits per heavy atom. The van der Waals surface area contributed by atoms with Crippen molar-refractivity contribution in [1.82, 2.24) is 0 Å². The molecule has 0 aromatic carbocycles. The average molecular weight is 238 g/mol. The van der Waals surface area contributed by atoms with Gasteiger partial charge >= 0.3 is 0 Å². The van der Waals surface area contributed by atoms with Crippen LogP contribution in [0.15, 0.2) is 22.5 Å². The molecule has 0 amide bonds. The van der Waals surface area contributed by atoms with Crippen LogP contribution in [0.4, 0.5) is 4.39 Å². The summed E-state index contributed by atoms with van der Waals surface area (Å²) < 4.78 is 14.4. The molecule has 0 aliphatic heterocycles. The zero-order valence-corrected chi connectivity index (χ0v) is 12.5. The second-order valence-electron chi connectivity index (χ2n) is 7.54.